The van der Waals surface area contributed by atoms with Gasteiger partial charge >= 0.3 is 0 Å². The minimum absolute atomic E-state index is 0.958. The van der Waals surface area contributed by atoms with Crippen molar-refractivity contribution in [3.05, 3.63) is 425 Å². The molecule has 0 bridgehead atoms. The highest BCUT2D eigenvalue weighted by Crippen LogP contribution is 2.43. The van der Waals surface area contributed by atoms with Crippen molar-refractivity contribution in [2.45, 2.75) is 0 Å². The molecule has 0 aliphatic carbocycles. The molecule has 0 radical (unpaired) electrons. The van der Waals surface area contributed by atoms with Crippen LogP contribution in [0.5, 0.6) is 0 Å². The summed E-state index contributed by atoms with van der Waals surface area (Å²) in [5.41, 5.74) is 31.8. The smallest absolute Gasteiger partial charge is 0.0715 e. The van der Waals surface area contributed by atoms with Crippen molar-refractivity contribution in [3.63, 3.8) is 0 Å². The third kappa shape index (κ3) is 11.6. The summed E-state index contributed by atoms with van der Waals surface area (Å²) >= 11 is 0. The Hall–Kier alpha value is -15.0. The Morgan fingerprint density at radius 2 is 0.348 bits per heavy atom. The van der Waals surface area contributed by atoms with Gasteiger partial charge < -0.3 is 18.3 Å². The van der Waals surface area contributed by atoms with Crippen LogP contribution in [-0.4, -0.2) is 28.2 Å². The zero-order chi connectivity index (χ0) is 74.0. The Labute approximate surface area is 648 Å². The first-order valence-corrected chi connectivity index (χ1v) is 38.3. The molecule has 16 aromatic carbocycles. The fourth-order valence-electron chi connectivity index (χ4n) is 16.9. The lowest BCUT2D eigenvalue weighted by Crippen LogP contribution is -1.95. The predicted molar refractivity (Wildman–Crippen MR) is 469 cm³/mol. The lowest BCUT2D eigenvalue weighted by atomic mass is 9.99. The van der Waals surface area contributed by atoms with Crippen molar-refractivity contribution in [1.82, 2.24) is 28.2 Å². The van der Waals surface area contributed by atoms with Crippen molar-refractivity contribution in [2.75, 3.05) is 0 Å². The second-order valence-electron chi connectivity index (χ2n) is 28.8. The molecule has 0 saturated heterocycles. The number of fused-ring (bicyclic) bond motifs is 12. The van der Waals surface area contributed by atoms with Crippen LogP contribution < -0.4 is 0 Å². The van der Waals surface area contributed by atoms with Crippen LogP contribution in [0.3, 0.4) is 0 Å². The van der Waals surface area contributed by atoms with Gasteiger partial charge in [-0.05, 0) is 190 Å². The average Bonchev–Trinajstić information content (AvgIpc) is 1.59. The first-order chi connectivity index (χ1) is 55.5. The monoisotopic (exact) mass is 1430 g/mol. The Bertz CT molecular complexity index is 7210. The van der Waals surface area contributed by atoms with E-state index in [1.54, 1.807) is 0 Å². The fourth-order valence-corrected chi connectivity index (χ4v) is 16.9. The van der Waals surface area contributed by atoms with E-state index in [1.807, 2.05) is 24.3 Å². The minimum atomic E-state index is 0.958. The van der Waals surface area contributed by atoms with E-state index in [2.05, 4.69) is 419 Å². The van der Waals surface area contributed by atoms with Crippen molar-refractivity contribution >= 4 is 87.2 Å². The number of para-hydroxylation sites is 6. The second kappa shape index (κ2) is 27.7. The molecule has 6 aromatic heterocycles. The first kappa shape index (κ1) is 65.3. The Morgan fingerprint density at radius 1 is 0.125 bits per heavy atom. The van der Waals surface area contributed by atoms with E-state index in [9.17, 15) is 0 Å². The van der Waals surface area contributed by atoms with E-state index < -0.39 is 0 Å². The standard InChI is InChI=1S/2C53H35N3/c1-4-15-36(16-5-1)48-34-41(35-49(54-48)37-17-6-2-7-18-37)38-19-14-22-43(31-38)56-51-26-13-11-24-45(51)47-33-40(28-30-53(47)56)39-27-29-52-46(32-39)44-23-10-12-25-50(44)55(52)42-20-8-3-9-21-42;1-4-14-37(15-5-1)48-34-41(35-49(54-48)38-16-6-2-7-17-38)36-24-28-43(29-25-36)56-51-23-13-11-21-45(51)47-33-40(27-31-53(47)56)39-26-30-52-46(32-39)44-20-10-12-22-50(44)55(52)42-18-8-3-9-19-42/h2*1-35H. The van der Waals surface area contributed by atoms with Crippen LogP contribution in [0.4, 0.5) is 0 Å². The van der Waals surface area contributed by atoms with E-state index >= 15 is 0 Å². The number of hydrogen-bond donors (Lipinski definition) is 0. The normalized spacial score (nSPS) is 11.6. The molecule has 22 aromatic rings. The van der Waals surface area contributed by atoms with Crippen LogP contribution in [-0.2, 0) is 0 Å². The number of hydrogen-bond acceptors (Lipinski definition) is 2. The van der Waals surface area contributed by atoms with Crippen LogP contribution in [0, 0.1) is 0 Å². The number of benzene rings is 16. The highest BCUT2D eigenvalue weighted by atomic mass is 15.0. The Balaban J connectivity index is 0.000000141. The molecule has 112 heavy (non-hydrogen) atoms. The van der Waals surface area contributed by atoms with E-state index in [1.165, 1.54) is 121 Å². The molecule has 0 aliphatic heterocycles. The molecule has 0 N–H and O–H groups in total. The molecule has 0 amide bonds. The molecule has 6 heterocycles. The maximum atomic E-state index is 5.13. The van der Waals surface area contributed by atoms with Gasteiger partial charge in [0.05, 0.1) is 66.9 Å². The Morgan fingerprint density at radius 3 is 0.670 bits per heavy atom. The minimum Gasteiger partial charge on any atom is -0.309 e. The summed E-state index contributed by atoms with van der Waals surface area (Å²) in [6, 6.07) is 152. The van der Waals surface area contributed by atoms with Gasteiger partial charge in [-0.15, -0.1) is 0 Å². The molecule has 22 rings (SSSR count). The van der Waals surface area contributed by atoms with E-state index in [0.717, 1.165) is 78.7 Å². The van der Waals surface area contributed by atoms with Crippen LogP contribution >= 0.6 is 0 Å². The van der Waals surface area contributed by atoms with Crippen LogP contribution in [0.1, 0.15) is 0 Å². The van der Waals surface area contributed by atoms with Gasteiger partial charge in [-0.1, -0.05) is 279 Å². The number of nitrogens with zero attached hydrogens (tertiary/aromatic N) is 6. The lowest BCUT2D eigenvalue weighted by molar-refractivity contribution is 1.18. The molecule has 524 valence electrons. The molecule has 0 aliphatic rings. The summed E-state index contributed by atoms with van der Waals surface area (Å²) in [7, 11) is 0. The topological polar surface area (TPSA) is 45.5 Å². The number of pyridine rings is 2. The van der Waals surface area contributed by atoms with Crippen LogP contribution in [0.2, 0.25) is 0 Å². The summed E-state index contributed by atoms with van der Waals surface area (Å²) in [6.07, 6.45) is 0. The molecule has 0 spiro atoms. The van der Waals surface area contributed by atoms with Gasteiger partial charge in [-0.2, -0.15) is 0 Å². The van der Waals surface area contributed by atoms with E-state index in [-0.39, 0.29) is 0 Å². The molecule has 0 saturated carbocycles. The quantitative estimate of drug-likeness (QED) is 0.122. The summed E-state index contributed by atoms with van der Waals surface area (Å²) in [5.74, 6) is 0. The average molecular weight is 1430 g/mol. The maximum absolute atomic E-state index is 5.13. The summed E-state index contributed by atoms with van der Waals surface area (Å²) in [4.78, 5) is 10.2. The second-order valence-corrected chi connectivity index (χ2v) is 28.8. The zero-order valence-corrected chi connectivity index (χ0v) is 61.1. The zero-order valence-electron chi connectivity index (χ0n) is 61.1. The molecular weight excluding hydrogens is 1360 g/mol. The van der Waals surface area contributed by atoms with Gasteiger partial charge in [0, 0.05) is 88.1 Å². The molecule has 0 fully saturated rings. The number of aromatic nitrogens is 6. The van der Waals surface area contributed by atoms with Crippen molar-refractivity contribution in [3.8, 4) is 112 Å². The highest BCUT2D eigenvalue weighted by molar-refractivity contribution is 6.15. The number of rotatable bonds is 12. The summed E-state index contributed by atoms with van der Waals surface area (Å²) < 4.78 is 9.55. The van der Waals surface area contributed by atoms with Crippen molar-refractivity contribution in [2.24, 2.45) is 0 Å². The van der Waals surface area contributed by atoms with Gasteiger partial charge in [-0.25, -0.2) is 9.97 Å². The molecule has 0 atom stereocenters. The van der Waals surface area contributed by atoms with Gasteiger partial charge in [0.25, 0.3) is 0 Å². The molecular formula is C106H70N6. The Kier molecular flexibility index (Phi) is 16.1. The van der Waals surface area contributed by atoms with Crippen LogP contribution in [0.25, 0.3) is 200 Å². The highest BCUT2D eigenvalue weighted by Gasteiger charge is 2.21. The van der Waals surface area contributed by atoms with Crippen molar-refractivity contribution < 1.29 is 0 Å². The van der Waals surface area contributed by atoms with E-state index in [4.69, 9.17) is 9.97 Å². The van der Waals surface area contributed by atoms with Gasteiger partial charge in [0.2, 0.25) is 0 Å². The summed E-state index contributed by atoms with van der Waals surface area (Å²) in [5, 5.41) is 9.97. The summed E-state index contributed by atoms with van der Waals surface area (Å²) in [6.45, 7) is 0. The van der Waals surface area contributed by atoms with Crippen LogP contribution in [0.15, 0.2) is 425 Å². The fraction of sp³-hybridized carbons (Fsp3) is 0. The van der Waals surface area contributed by atoms with Gasteiger partial charge in [0.1, 0.15) is 0 Å². The largest absolute Gasteiger partial charge is 0.309 e. The first-order valence-electron chi connectivity index (χ1n) is 38.3. The molecule has 0 unspecified atom stereocenters. The molecule has 6 nitrogen and oxygen atoms in total. The lowest BCUT2D eigenvalue weighted by Gasteiger charge is -2.13. The third-order valence-corrected chi connectivity index (χ3v) is 22.2. The SMILES string of the molecule is c1ccc(-c2cc(-c3ccc(-n4c5ccccc5c5cc(-c6ccc7c(c6)c6ccccc6n7-c6ccccc6)ccc54)cc3)cc(-c3ccccc3)n2)cc1.c1ccc(-c2cc(-c3cccc(-n4c5ccccc5c5cc(-c6ccc7c(c6)c6ccccc6n7-c6ccccc6)ccc54)c3)cc(-c3ccccc3)n2)cc1. The maximum Gasteiger partial charge on any atom is 0.0715 e. The van der Waals surface area contributed by atoms with Crippen molar-refractivity contribution in [1.29, 1.82) is 0 Å². The van der Waals surface area contributed by atoms with Gasteiger partial charge in [-0.3, -0.25) is 0 Å². The third-order valence-electron chi connectivity index (χ3n) is 22.2. The van der Waals surface area contributed by atoms with E-state index in [0.29, 0.717) is 0 Å². The molecule has 6 heteroatoms. The predicted octanol–water partition coefficient (Wildman–Crippen LogP) is 27.9. The van der Waals surface area contributed by atoms with Gasteiger partial charge in [0.15, 0.2) is 0 Å².